The van der Waals surface area contributed by atoms with Crippen LogP contribution in [0.2, 0.25) is 0 Å². The van der Waals surface area contributed by atoms with Crippen molar-refractivity contribution in [3.8, 4) is 0 Å². The van der Waals surface area contributed by atoms with Gasteiger partial charge < -0.3 is 9.62 Å². The maximum absolute atomic E-state index is 9.08. The molecular formula is C13H12ClN3O2. The van der Waals surface area contributed by atoms with Gasteiger partial charge in [0, 0.05) is 23.9 Å². The smallest absolute Gasteiger partial charge is 0.203 e. The molecule has 0 saturated carbocycles. The Morgan fingerprint density at radius 1 is 1.32 bits per heavy atom. The van der Waals surface area contributed by atoms with Crippen molar-refractivity contribution in [2.45, 2.75) is 0 Å². The van der Waals surface area contributed by atoms with Crippen LogP contribution in [0.1, 0.15) is 0 Å². The van der Waals surface area contributed by atoms with Crippen molar-refractivity contribution in [3.63, 3.8) is 0 Å². The number of nitrogens with zero attached hydrogens (tertiary/aromatic N) is 3. The molecule has 0 saturated heterocycles. The topological polar surface area (TPSA) is 61.3 Å². The summed E-state index contributed by atoms with van der Waals surface area (Å²) in [4.78, 5) is 5.97. The SMILES string of the molecule is Cl.ON=c1cc(N2C=CC=NC2)oc2ccccc12. The molecule has 0 atom stereocenters. The minimum Gasteiger partial charge on any atom is -0.440 e. The van der Waals surface area contributed by atoms with E-state index >= 15 is 0 Å². The Morgan fingerprint density at radius 2 is 2.16 bits per heavy atom. The molecule has 6 heteroatoms. The maximum Gasteiger partial charge on any atom is 0.203 e. The Bertz CT molecular complexity index is 706. The van der Waals surface area contributed by atoms with E-state index in [9.17, 15) is 0 Å². The predicted octanol–water partition coefficient (Wildman–Crippen LogP) is 2.51. The van der Waals surface area contributed by atoms with Crippen molar-refractivity contribution in [2.24, 2.45) is 10.1 Å². The van der Waals surface area contributed by atoms with Crippen molar-refractivity contribution < 1.29 is 9.62 Å². The first-order valence-electron chi connectivity index (χ1n) is 5.53. The molecule has 0 spiro atoms. The lowest BCUT2D eigenvalue weighted by Crippen LogP contribution is -2.20. The van der Waals surface area contributed by atoms with Crippen LogP contribution in [0.4, 0.5) is 5.88 Å². The second-order valence-electron chi connectivity index (χ2n) is 3.85. The number of fused-ring (bicyclic) bond motifs is 1. The molecule has 3 rings (SSSR count). The first-order valence-corrected chi connectivity index (χ1v) is 5.53. The van der Waals surface area contributed by atoms with Gasteiger partial charge in [-0.3, -0.25) is 9.89 Å². The first-order chi connectivity index (χ1) is 8.88. The number of allylic oxidation sites excluding steroid dienone is 1. The number of halogens is 1. The summed E-state index contributed by atoms with van der Waals surface area (Å²) >= 11 is 0. The van der Waals surface area contributed by atoms with E-state index in [1.807, 2.05) is 41.4 Å². The molecule has 0 amide bonds. The summed E-state index contributed by atoms with van der Waals surface area (Å²) in [7, 11) is 0. The molecule has 1 N–H and O–H groups in total. The predicted molar refractivity (Wildman–Crippen MR) is 75.8 cm³/mol. The number of anilines is 1. The van der Waals surface area contributed by atoms with Gasteiger partial charge in [-0.2, -0.15) is 0 Å². The highest BCUT2D eigenvalue weighted by Crippen LogP contribution is 2.19. The Morgan fingerprint density at radius 3 is 2.89 bits per heavy atom. The second kappa shape index (κ2) is 5.58. The minimum atomic E-state index is 0. The third-order valence-corrected chi connectivity index (χ3v) is 2.72. The largest absolute Gasteiger partial charge is 0.440 e. The van der Waals surface area contributed by atoms with Gasteiger partial charge in [0.15, 0.2) is 0 Å². The highest BCUT2D eigenvalue weighted by Gasteiger charge is 2.09. The number of hydrogen-bond donors (Lipinski definition) is 1. The van der Waals surface area contributed by atoms with E-state index in [1.165, 1.54) is 0 Å². The molecule has 0 radical (unpaired) electrons. The number of rotatable bonds is 1. The Balaban J connectivity index is 0.00000133. The number of para-hydroxylation sites is 1. The van der Waals surface area contributed by atoms with E-state index in [-0.39, 0.29) is 12.4 Å². The molecule has 0 aliphatic carbocycles. The van der Waals surface area contributed by atoms with Crippen molar-refractivity contribution in [3.05, 3.63) is 48.0 Å². The van der Waals surface area contributed by atoms with Crippen LogP contribution in [-0.4, -0.2) is 18.1 Å². The van der Waals surface area contributed by atoms with E-state index in [0.717, 1.165) is 5.39 Å². The minimum absolute atomic E-state index is 0. The van der Waals surface area contributed by atoms with Crippen molar-refractivity contribution in [1.29, 1.82) is 0 Å². The van der Waals surface area contributed by atoms with Gasteiger partial charge in [-0.25, -0.2) is 0 Å². The third kappa shape index (κ3) is 2.46. The molecule has 5 nitrogen and oxygen atoms in total. The van der Waals surface area contributed by atoms with Crippen LogP contribution in [0, 0.1) is 0 Å². The normalized spacial score (nSPS) is 14.7. The zero-order chi connectivity index (χ0) is 12.4. The molecule has 0 bridgehead atoms. The first kappa shape index (κ1) is 13.2. The van der Waals surface area contributed by atoms with Gasteiger partial charge in [0.2, 0.25) is 5.88 Å². The average molecular weight is 278 g/mol. The fourth-order valence-corrected chi connectivity index (χ4v) is 1.86. The summed E-state index contributed by atoms with van der Waals surface area (Å²) < 4.78 is 5.77. The fourth-order valence-electron chi connectivity index (χ4n) is 1.86. The molecule has 2 heterocycles. The van der Waals surface area contributed by atoms with E-state index < -0.39 is 0 Å². The Labute approximate surface area is 115 Å². The lowest BCUT2D eigenvalue weighted by Gasteiger charge is -2.18. The van der Waals surface area contributed by atoms with Crippen molar-refractivity contribution >= 4 is 35.5 Å². The van der Waals surface area contributed by atoms with Gasteiger partial charge in [0.1, 0.15) is 17.6 Å². The van der Waals surface area contributed by atoms with Gasteiger partial charge >= 0.3 is 0 Å². The summed E-state index contributed by atoms with van der Waals surface area (Å²) in [5, 5.41) is 13.6. The average Bonchev–Trinajstić information content (AvgIpc) is 2.47. The monoisotopic (exact) mass is 277 g/mol. The lowest BCUT2D eigenvalue weighted by atomic mass is 10.2. The maximum atomic E-state index is 9.08. The Hall–Kier alpha value is -2.27. The van der Waals surface area contributed by atoms with Gasteiger partial charge in [-0.15, -0.1) is 12.4 Å². The van der Waals surface area contributed by atoms with Crippen molar-refractivity contribution in [1.82, 2.24) is 0 Å². The molecular weight excluding hydrogens is 266 g/mol. The van der Waals surface area contributed by atoms with Crippen LogP contribution < -0.4 is 10.3 Å². The van der Waals surface area contributed by atoms with Gasteiger partial charge in [-0.05, 0) is 18.2 Å². The number of aliphatic imine (C=N–C) groups is 1. The van der Waals surface area contributed by atoms with Crippen molar-refractivity contribution in [2.75, 3.05) is 11.6 Å². The van der Waals surface area contributed by atoms with Crippen LogP contribution in [0.25, 0.3) is 11.0 Å². The van der Waals surface area contributed by atoms with E-state index in [2.05, 4.69) is 10.1 Å². The molecule has 1 aromatic heterocycles. The molecule has 1 aliphatic rings. The van der Waals surface area contributed by atoms with Crippen LogP contribution in [-0.2, 0) is 0 Å². The third-order valence-electron chi connectivity index (χ3n) is 2.72. The zero-order valence-electron chi connectivity index (χ0n) is 9.93. The van der Waals surface area contributed by atoms with Crippen LogP contribution in [0.5, 0.6) is 0 Å². The van der Waals surface area contributed by atoms with Crippen LogP contribution in [0.3, 0.4) is 0 Å². The van der Waals surface area contributed by atoms with Gasteiger partial charge in [0.25, 0.3) is 0 Å². The van der Waals surface area contributed by atoms with E-state index in [1.54, 1.807) is 12.3 Å². The van der Waals surface area contributed by atoms with E-state index in [4.69, 9.17) is 9.62 Å². The molecule has 0 unspecified atom stereocenters. The molecule has 19 heavy (non-hydrogen) atoms. The Kier molecular flexibility index (Phi) is 3.87. The van der Waals surface area contributed by atoms with Crippen LogP contribution >= 0.6 is 12.4 Å². The van der Waals surface area contributed by atoms with Gasteiger partial charge in [0.05, 0.1) is 0 Å². The quantitative estimate of drug-likeness (QED) is 0.643. The summed E-state index contributed by atoms with van der Waals surface area (Å²) in [6.45, 7) is 0.489. The molecule has 2 aromatic rings. The molecule has 1 aromatic carbocycles. The highest BCUT2D eigenvalue weighted by molar-refractivity contribution is 5.85. The summed E-state index contributed by atoms with van der Waals surface area (Å²) in [6, 6.07) is 9.12. The fraction of sp³-hybridized carbons (Fsp3) is 0.0769. The molecule has 1 aliphatic heterocycles. The zero-order valence-corrected chi connectivity index (χ0v) is 10.7. The highest BCUT2D eigenvalue weighted by atomic mass is 35.5. The number of benzene rings is 1. The molecule has 0 fully saturated rings. The lowest BCUT2D eigenvalue weighted by molar-refractivity contribution is 0.302. The van der Waals surface area contributed by atoms with Gasteiger partial charge in [-0.1, -0.05) is 17.3 Å². The standard InChI is InChI=1S/C13H11N3O2.ClH/c17-15-11-8-13(16-7-3-6-14-9-16)18-12-5-2-1-4-10(11)12;/h1-8,17H,9H2;1H. The van der Waals surface area contributed by atoms with Crippen LogP contribution in [0.15, 0.2) is 57.2 Å². The number of hydrogen-bond acceptors (Lipinski definition) is 5. The summed E-state index contributed by atoms with van der Waals surface area (Å²) in [5.74, 6) is 0.592. The van der Waals surface area contributed by atoms with E-state index in [0.29, 0.717) is 23.5 Å². The second-order valence-corrected chi connectivity index (χ2v) is 3.85. The summed E-state index contributed by atoms with van der Waals surface area (Å²) in [5.41, 5.74) is 0.672. The summed E-state index contributed by atoms with van der Waals surface area (Å²) in [6.07, 6.45) is 5.42. The molecule has 98 valence electrons.